The van der Waals surface area contributed by atoms with E-state index in [1.165, 1.54) is 62.3 Å². The molecule has 0 aliphatic rings. The molecule has 14 atom stereocenters. The van der Waals surface area contributed by atoms with Gasteiger partial charge in [-0.1, -0.05) is 34.6 Å². The first-order chi connectivity index (χ1) is 40.6. The molecule has 0 saturated heterocycles. The number of Topliss-reactive ketones (excluding diaryl/α,β-unsaturated/α-hetero) is 9. The average molecular weight is 1340 g/mol. The predicted octanol–water partition coefficient (Wildman–Crippen LogP) is -1.96. The van der Waals surface area contributed by atoms with Gasteiger partial charge in [-0.2, -0.15) is 0 Å². The Kier molecular flexibility index (Phi) is 38.9. The van der Waals surface area contributed by atoms with Crippen molar-refractivity contribution in [2.75, 3.05) is 33.5 Å². The molecular weight excluding hydrogens is 1250 g/mol. The molecule has 89 heavy (non-hydrogen) atoms. The molecule has 0 aliphatic carbocycles. The van der Waals surface area contributed by atoms with Gasteiger partial charge in [0.25, 0.3) is 0 Å². The van der Waals surface area contributed by atoms with Crippen LogP contribution in [0.1, 0.15) is 128 Å². The topological polar surface area (TPSA) is 558 Å². The molecule has 15 N–H and O–H groups in total. The number of likely N-dealkylation sites (N-methyl/N-ethyl adjacent to an activating group) is 1. The van der Waals surface area contributed by atoms with Crippen LogP contribution >= 0.6 is 23.5 Å². The van der Waals surface area contributed by atoms with Crippen LogP contribution in [0.3, 0.4) is 0 Å². The summed E-state index contributed by atoms with van der Waals surface area (Å²) in [5.74, 6) is -16.7. The van der Waals surface area contributed by atoms with Crippen molar-refractivity contribution in [2.45, 2.75) is 170 Å². The Morgan fingerprint density at radius 2 is 0.640 bits per heavy atom. The normalized spacial score (nSPS) is 16.5. The minimum absolute atomic E-state index is 0.0519. The van der Waals surface area contributed by atoms with Crippen LogP contribution in [-0.2, 0) is 94.4 Å². The molecule has 0 radical (unpaired) electrons. The highest BCUT2D eigenvalue weighted by atomic mass is 31.2. The first-order valence-corrected chi connectivity index (χ1v) is 32.5. The standard InChI is InChI=1S/C36H62N5O22P3.C16H28N2O5/c1-17(24(8)42)9-31(46)26(15-62-65(55,56)57)40-35(50)19(3)11-29(44)22(6)39-36(51)25(14-61-64(52,53)54)13-30(45)23(7)38-33(48)20(4)12-32(47)27(16-63-66(58,59)60)41-34(49)18(2)10-28(43)21(5)37;1-9(12(4)20)6-14(21)11(3)18-16(23)13(8-19)7-15(22)10(2)17-5/h17-23,25-27H,9-16,37H2,1-8H3,(H,38,48)(H,39,51)(H,40,50)(H,41,49)(H2,52,53,54)(H2,55,56,57)(H2,58,59,60);9-11,13,17,19H,6-8H2,1-5H3,(H,18,23)/t17-,18-,19-,20-,21+,22+,23+,25+,26+,27+;9-,10+,11+,13+/m11/s1. The Morgan fingerprint density at radius 3 is 0.978 bits per heavy atom. The lowest BCUT2D eigenvalue weighted by molar-refractivity contribution is -0.136. The number of hydrogen-bond acceptors (Lipinski definition) is 23. The lowest BCUT2D eigenvalue weighted by Gasteiger charge is -2.24. The van der Waals surface area contributed by atoms with Gasteiger partial charge in [0.1, 0.15) is 35.2 Å². The number of nitrogens with two attached hydrogens (primary N) is 1. The fraction of sp³-hybridized carbons (Fsp3) is 0.731. The number of carbonyl (C=O) groups excluding carboxylic acids is 14. The molecule has 0 rings (SSSR count). The summed E-state index contributed by atoms with van der Waals surface area (Å²) < 4.78 is 47.3. The van der Waals surface area contributed by atoms with Crippen molar-refractivity contribution in [1.82, 2.24) is 31.9 Å². The van der Waals surface area contributed by atoms with Gasteiger partial charge in [-0.25, -0.2) is 13.7 Å². The van der Waals surface area contributed by atoms with E-state index < -0.39 is 218 Å². The molecule has 0 fully saturated rings. The Balaban J connectivity index is 0. The van der Waals surface area contributed by atoms with Crippen LogP contribution in [0, 0.1) is 41.4 Å². The van der Waals surface area contributed by atoms with Crippen molar-refractivity contribution in [1.29, 1.82) is 0 Å². The summed E-state index contributed by atoms with van der Waals surface area (Å²) in [4.78, 5) is 230. The number of carbonyl (C=O) groups is 14. The van der Waals surface area contributed by atoms with E-state index in [1.807, 2.05) is 0 Å². The van der Waals surface area contributed by atoms with Crippen molar-refractivity contribution in [2.24, 2.45) is 47.2 Å². The van der Waals surface area contributed by atoms with Crippen LogP contribution in [0.4, 0.5) is 0 Å². The summed E-state index contributed by atoms with van der Waals surface area (Å²) in [5, 5.41) is 23.6. The summed E-state index contributed by atoms with van der Waals surface area (Å²) in [6.07, 6.45) is -2.96. The smallest absolute Gasteiger partial charge is 0.396 e. The summed E-state index contributed by atoms with van der Waals surface area (Å²) in [7, 11) is -13.9. The SMILES string of the molecule is CC(=O)[C@H](C)CC(=O)[C@H](COP(=O)(O)O)NC(=O)[C@H](C)CC(=O)[C@H](C)NC(=O)[C@H](COP(=O)(O)O)CC(=O)[C@H](C)NC(=O)[C@H](C)CC(=O)[C@H](COP(=O)(O)O)NC(=O)[C@H](C)CC(=O)[C@H](C)N.CN[C@@H](C)C(=O)C[C@@H](CO)C(=O)N[C@@H](C)C(=O)C[C@@H](C)C(C)=O. The second kappa shape index (κ2) is 40.4. The number of rotatable bonds is 44. The summed E-state index contributed by atoms with van der Waals surface area (Å²) in [5.41, 5.74) is 5.52. The van der Waals surface area contributed by atoms with Crippen LogP contribution in [0.25, 0.3) is 0 Å². The third-order valence-corrected chi connectivity index (χ3v) is 15.2. The summed E-state index contributed by atoms with van der Waals surface area (Å²) in [6, 6.07) is -8.30. The monoisotopic (exact) mass is 1340 g/mol. The average Bonchev–Trinajstić information content (AvgIpc) is 3.57. The van der Waals surface area contributed by atoms with Gasteiger partial charge in [0, 0.05) is 74.5 Å². The maximum atomic E-state index is 13.3. The first-order valence-electron chi connectivity index (χ1n) is 27.9. The van der Waals surface area contributed by atoms with Gasteiger partial charge in [-0.05, 0) is 55.5 Å². The van der Waals surface area contributed by atoms with Gasteiger partial charge in [-0.15, -0.1) is 0 Å². The van der Waals surface area contributed by atoms with Crippen LogP contribution in [0.5, 0.6) is 0 Å². The third kappa shape index (κ3) is 36.9. The molecule has 5 amide bonds. The molecular formula is C52H90N7O27P3. The number of ketones is 9. The van der Waals surface area contributed by atoms with Crippen molar-refractivity contribution >= 4 is 105 Å². The zero-order valence-electron chi connectivity index (χ0n) is 52.1. The van der Waals surface area contributed by atoms with Gasteiger partial charge in [-0.3, -0.25) is 80.7 Å². The molecule has 34 nitrogen and oxygen atoms in total. The van der Waals surface area contributed by atoms with Gasteiger partial charge in [0.2, 0.25) is 29.5 Å². The number of aliphatic hydroxyl groups is 1. The number of hydrogen-bond donors (Lipinski definition) is 14. The number of aliphatic hydroxyl groups excluding tert-OH is 1. The van der Waals surface area contributed by atoms with Crippen LogP contribution in [0.15, 0.2) is 0 Å². The van der Waals surface area contributed by atoms with Crippen molar-refractivity contribution in [3.8, 4) is 0 Å². The van der Waals surface area contributed by atoms with Gasteiger partial charge >= 0.3 is 23.5 Å². The molecule has 0 aromatic rings. The zero-order valence-corrected chi connectivity index (χ0v) is 54.8. The molecule has 0 heterocycles. The fourth-order valence-corrected chi connectivity index (χ4v) is 8.27. The summed E-state index contributed by atoms with van der Waals surface area (Å²) >= 11 is 0. The highest BCUT2D eigenvalue weighted by Crippen LogP contribution is 2.38. The maximum absolute atomic E-state index is 13.3. The predicted molar refractivity (Wildman–Crippen MR) is 311 cm³/mol. The Bertz CT molecular complexity index is 2660. The van der Waals surface area contributed by atoms with E-state index in [0.29, 0.717) is 0 Å². The van der Waals surface area contributed by atoms with Gasteiger partial charge in [0.15, 0.2) is 28.9 Å². The second-order valence-electron chi connectivity index (χ2n) is 22.0. The molecule has 37 heteroatoms. The minimum atomic E-state index is -5.25. The van der Waals surface area contributed by atoms with Gasteiger partial charge < -0.3 is 72.1 Å². The second-order valence-corrected chi connectivity index (χ2v) is 25.7. The number of phosphoric acid groups is 3. The van der Waals surface area contributed by atoms with E-state index in [-0.39, 0.29) is 42.4 Å². The molecule has 0 saturated carbocycles. The molecule has 510 valence electrons. The maximum Gasteiger partial charge on any atom is 0.469 e. The molecule has 0 aromatic carbocycles. The largest absolute Gasteiger partial charge is 0.469 e. The van der Waals surface area contributed by atoms with Gasteiger partial charge in [0.05, 0.1) is 68.5 Å². The van der Waals surface area contributed by atoms with E-state index >= 15 is 0 Å². The van der Waals surface area contributed by atoms with E-state index in [9.17, 15) is 95.7 Å². The fourth-order valence-electron chi connectivity index (χ4n) is 7.21. The number of nitrogens with one attached hydrogen (secondary N) is 6. The molecule has 0 aromatic heterocycles. The van der Waals surface area contributed by atoms with Crippen molar-refractivity contribution in [3.05, 3.63) is 0 Å². The van der Waals surface area contributed by atoms with Crippen molar-refractivity contribution in [3.63, 3.8) is 0 Å². The molecule has 0 aliphatic heterocycles. The zero-order chi connectivity index (χ0) is 69.8. The number of amides is 5. The van der Waals surface area contributed by atoms with Crippen LogP contribution < -0.4 is 37.6 Å². The quantitative estimate of drug-likeness (QED) is 0.0295. The Labute approximate surface area is 515 Å². The lowest BCUT2D eigenvalue weighted by Crippen LogP contribution is -2.48. The Hall–Kier alpha value is -5.41. The van der Waals surface area contributed by atoms with E-state index in [4.69, 9.17) is 25.3 Å². The lowest BCUT2D eigenvalue weighted by atomic mass is 9.95. The van der Waals surface area contributed by atoms with E-state index in [0.717, 1.165) is 6.92 Å². The molecule has 0 bridgehead atoms. The third-order valence-electron chi connectivity index (χ3n) is 13.7. The minimum Gasteiger partial charge on any atom is -0.396 e. The summed E-state index contributed by atoms with van der Waals surface area (Å²) in [6.45, 7) is 12.8. The first kappa shape index (κ1) is 85.7. The van der Waals surface area contributed by atoms with Crippen LogP contribution in [-0.4, -0.2) is 192 Å². The highest BCUT2D eigenvalue weighted by molar-refractivity contribution is 7.46. The highest BCUT2D eigenvalue weighted by Gasteiger charge is 2.35. The van der Waals surface area contributed by atoms with E-state index in [1.54, 1.807) is 20.9 Å². The molecule has 0 unspecified atom stereocenters. The molecule has 0 spiro atoms. The number of phosphoric ester groups is 3. The van der Waals surface area contributed by atoms with E-state index in [2.05, 4.69) is 45.5 Å². The Morgan fingerprint density at radius 1 is 0.371 bits per heavy atom. The van der Waals surface area contributed by atoms with Crippen LogP contribution in [0.2, 0.25) is 0 Å². The van der Waals surface area contributed by atoms with Crippen molar-refractivity contribution < 1.29 is 129 Å².